The van der Waals surface area contributed by atoms with E-state index in [4.69, 9.17) is 4.74 Å². The highest BCUT2D eigenvalue weighted by Crippen LogP contribution is 2.12. The minimum absolute atomic E-state index is 0.119. The molecule has 0 bridgehead atoms. The summed E-state index contributed by atoms with van der Waals surface area (Å²) in [6.45, 7) is 3.55. The highest BCUT2D eigenvalue weighted by molar-refractivity contribution is 7.89. The molecule has 7 nitrogen and oxygen atoms in total. The van der Waals surface area contributed by atoms with Crippen molar-refractivity contribution in [1.29, 1.82) is 0 Å². The molecular weight excluding hydrogens is 330 g/mol. The van der Waals surface area contributed by atoms with Gasteiger partial charge in [-0.2, -0.15) is 0 Å². The average molecular weight is 355 g/mol. The van der Waals surface area contributed by atoms with E-state index in [-0.39, 0.29) is 22.9 Å². The van der Waals surface area contributed by atoms with Gasteiger partial charge in [-0.05, 0) is 50.6 Å². The van der Waals surface area contributed by atoms with Crippen LogP contribution in [0.2, 0.25) is 0 Å². The Morgan fingerprint density at radius 3 is 2.67 bits per heavy atom. The molecule has 0 aromatic heterocycles. The fraction of sp³-hybridized carbons (Fsp3) is 0.562. The summed E-state index contributed by atoms with van der Waals surface area (Å²) < 4.78 is 32.1. The number of hydrogen-bond acceptors (Lipinski definition) is 5. The predicted molar refractivity (Wildman–Crippen MR) is 91.5 cm³/mol. The molecule has 3 N–H and O–H groups in total. The second-order valence-corrected chi connectivity index (χ2v) is 7.77. The SMILES string of the molecule is COC[C@H](C)NC(=O)c1ccc(S(=O)(=O)NC[C@@H]2CCCN2)cc1. The molecule has 1 aromatic rings. The van der Waals surface area contributed by atoms with Crippen molar-refractivity contribution in [3.8, 4) is 0 Å². The molecule has 1 saturated heterocycles. The van der Waals surface area contributed by atoms with Gasteiger partial charge in [-0.25, -0.2) is 13.1 Å². The molecule has 1 heterocycles. The van der Waals surface area contributed by atoms with E-state index in [1.807, 2.05) is 6.92 Å². The maximum absolute atomic E-state index is 12.3. The Balaban J connectivity index is 1.95. The number of benzene rings is 1. The van der Waals surface area contributed by atoms with Crippen molar-refractivity contribution in [2.45, 2.75) is 36.7 Å². The maximum atomic E-state index is 12.3. The van der Waals surface area contributed by atoms with E-state index in [1.54, 1.807) is 7.11 Å². The van der Waals surface area contributed by atoms with Crippen molar-refractivity contribution < 1.29 is 17.9 Å². The minimum atomic E-state index is -3.56. The molecule has 24 heavy (non-hydrogen) atoms. The number of hydrogen-bond donors (Lipinski definition) is 3. The third kappa shape index (κ3) is 5.27. The molecule has 0 radical (unpaired) electrons. The molecule has 1 aliphatic rings. The summed E-state index contributed by atoms with van der Waals surface area (Å²) in [5.41, 5.74) is 0.411. The van der Waals surface area contributed by atoms with Crippen LogP contribution < -0.4 is 15.4 Å². The Bertz CT molecular complexity index is 640. The fourth-order valence-electron chi connectivity index (χ4n) is 2.61. The summed E-state index contributed by atoms with van der Waals surface area (Å²) in [5, 5.41) is 6.02. The van der Waals surface area contributed by atoms with Crippen LogP contribution in [0, 0.1) is 0 Å². The predicted octanol–water partition coefficient (Wildman–Crippen LogP) is 0.482. The molecule has 0 aliphatic carbocycles. The van der Waals surface area contributed by atoms with Gasteiger partial charge in [0.2, 0.25) is 10.0 Å². The van der Waals surface area contributed by atoms with E-state index in [9.17, 15) is 13.2 Å². The monoisotopic (exact) mass is 355 g/mol. The van der Waals surface area contributed by atoms with Crippen molar-refractivity contribution >= 4 is 15.9 Å². The summed E-state index contributed by atoms with van der Waals surface area (Å²) in [4.78, 5) is 12.2. The van der Waals surface area contributed by atoms with Crippen LogP contribution in [0.5, 0.6) is 0 Å². The standard InChI is InChI=1S/C16H25N3O4S/c1-12(11-23-2)19-16(20)13-5-7-15(8-6-13)24(21,22)18-10-14-4-3-9-17-14/h5-8,12,14,17-18H,3-4,9-11H2,1-2H3,(H,19,20)/t12-,14-/m0/s1. The van der Waals surface area contributed by atoms with Gasteiger partial charge in [0, 0.05) is 31.3 Å². The lowest BCUT2D eigenvalue weighted by Crippen LogP contribution is -2.37. The summed E-state index contributed by atoms with van der Waals surface area (Å²) in [7, 11) is -2.00. The Kier molecular flexibility index (Phi) is 6.73. The third-order valence-corrected chi connectivity index (χ3v) is 5.34. The van der Waals surface area contributed by atoms with Crippen molar-refractivity contribution in [3.63, 3.8) is 0 Å². The van der Waals surface area contributed by atoms with E-state index in [0.717, 1.165) is 19.4 Å². The molecule has 0 unspecified atom stereocenters. The van der Waals surface area contributed by atoms with Gasteiger partial charge >= 0.3 is 0 Å². The van der Waals surface area contributed by atoms with Crippen LogP contribution in [0.15, 0.2) is 29.2 Å². The number of nitrogens with one attached hydrogen (secondary N) is 3. The summed E-state index contributed by atoms with van der Waals surface area (Å²) in [5.74, 6) is -0.258. The molecule has 0 spiro atoms. The highest BCUT2D eigenvalue weighted by Gasteiger charge is 2.19. The highest BCUT2D eigenvalue weighted by atomic mass is 32.2. The average Bonchev–Trinajstić information content (AvgIpc) is 3.07. The van der Waals surface area contributed by atoms with Crippen molar-refractivity contribution in [3.05, 3.63) is 29.8 Å². The van der Waals surface area contributed by atoms with Crippen molar-refractivity contribution in [2.75, 3.05) is 26.8 Å². The lowest BCUT2D eigenvalue weighted by molar-refractivity contribution is 0.0905. The fourth-order valence-corrected chi connectivity index (χ4v) is 3.69. The third-order valence-electron chi connectivity index (χ3n) is 3.90. The molecule has 1 aromatic carbocycles. The van der Waals surface area contributed by atoms with Crippen LogP contribution in [0.4, 0.5) is 0 Å². The van der Waals surface area contributed by atoms with Gasteiger partial charge in [-0.1, -0.05) is 0 Å². The summed E-state index contributed by atoms with van der Waals surface area (Å²) in [6.07, 6.45) is 2.04. The van der Waals surface area contributed by atoms with Crippen LogP contribution in [0.25, 0.3) is 0 Å². The molecule has 1 fully saturated rings. The van der Waals surface area contributed by atoms with Crippen LogP contribution in [-0.4, -0.2) is 53.2 Å². The van der Waals surface area contributed by atoms with E-state index >= 15 is 0 Å². The number of carbonyl (C=O) groups excluding carboxylic acids is 1. The second-order valence-electron chi connectivity index (χ2n) is 6.00. The second kappa shape index (κ2) is 8.57. The smallest absolute Gasteiger partial charge is 0.251 e. The van der Waals surface area contributed by atoms with E-state index in [1.165, 1.54) is 24.3 Å². The van der Waals surface area contributed by atoms with Gasteiger partial charge in [-0.15, -0.1) is 0 Å². The maximum Gasteiger partial charge on any atom is 0.251 e. The lowest BCUT2D eigenvalue weighted by Gasteiger charge is -2.14. The van der Waals surface area contributed by atoms with E-state index in [0.29, 0.717) is 18.7 Å². The molecular formula is C16H25N3O4S. The number of carbonyl (C=O) groups is 1. The first-order valence-corrected chi connectivity index (χ1v) is 9.53. The van der Waals surface area contributed by atoms with Crippen molar-refractivity contribution in [1.82, 2.24) is 15.4 Å². The zero-order valence-electron chi connectivity index (χ0n) is 14.0. The van der Waals surface area contributed by atoms with Crippen LogP contribution in [-0.2, 0) is 14.8 Å². The number of ether oxygens (including phenoxy) is 1. The quantitative estimate of drug-likeness (QED) is 0.630. The van der Waals surface area contributed by atoms with Gasteiger partial charge in [0.1, 0.15) is 0 Å². The van der Waals surface area contributed by atoms with Crippen LogP contribution >= 0.6 is 0 Å². The number of methoxy groups -OCH3 is 1. The van der Waals surface area contributed by atoms with E-state index in [2.05, 4.69) is 15.4 Å². The van der Waals surface area contributed by atoms with Crippen molar-refractivity contribution in [2.24, 2.45) is 0 Å². The zero-order chi connectivity index (χ0) is 17.6. The Morgan fingerprint density at radius 1 is 1.38 bits per heavy atom. The Hall–Kier alpha value is -1.48. The molecule has 134 valence electrons. The molecule has 1 aliphatic heterocycles. The Labute approximate surface area is 143 Å². The molecule has 2 rings (SSSR count). The van der Waals surface area contributed by atoms with Crippen LogP contribution in [0.3, 0.4) is 0 Å². The van der Waals surface area contributed by atoms with Gasteiger partial charge in [0.25, 0.3) is 5.91 Å². The molecule has 8 heteroatoms. The summed E-state index contributed by atoms with van der Waals surface area (Å²) >= 11 is 0. The number of sulfonamides is 1. The first-order valence-electron chi connectivity index (χ1n) is 8.05. The Morgan fingerprint density at radius 2 is 2.08 bits per heavy atom. The lowest BCUT2D eigenvalue weighted by atomic mass is 10.2. The molecule has 0 saturated carbocycles. The minimum Gasteiger partial charge on any atom is -0.383 e. The topological polar surface area (TPSA) is 96.5 Å². The zero-order valence-corrected chi connectivity index (χ0v) is 14.9. The first kappa shape index (κ1) is 18.9. The van der Waals surface area contributed by atoms with Gasteiger partial charge in [0.05, 0.1) is 11.5 Å². The van der Waals surface area contributed by atoms with Gasteiger partial charge in [-0.3, -0.25) is 4.79 Å². The van der Waals surface area contributed by atoms with E-state index < -0.39 is 10.0 Å². The van der Waals surface area contributed by atoms with Gasteiger partial charge in [0.15, 0.2) is 0 Å². The normalized spacial score (nSPS) is 19.2. The molecule has 2 atom stereocenters. The largest absolute Gasteiger partial charge is 0.383 e. The number of rotatable bonds is 8. The summed E-state index contributed by atoms with van der Waals surface area (Å²) in [6, 6.07) is 5.98. The van der Waals surface area contributed by atoms with Crippen LogP contribution in [0.1, 0.15) is 30.1 Å². The first-order chi connectivity index (χ1) is 11.4. The van der Waals surface area contributed by atoms with Gasteiger partial charge < -0.3 is 15.4 Å². The number of amides is 1. The molecule has 1 amide bonds.